The van der Waals surface area contributed by atoms with Crippen LogP contribution in [0.2, 0.25) is 0 Å². The first-order valence-corrected chi connectivity index (χ1v) is 5.41. The van der Waals surface area contributed by atoms with E-state index in [2.05, 4.69) is 15.5 Å². The van der Waals surface area contributed by atoms with Gasteiger partial charge in [-0.15, -0.1) is 5.10 Å². The highest BCUT2D eigenvalue weighted by molar-refractivity contribution is 5.68. The van der Waals surface area contributed by atoms with Crippen molar-refractivity contribution in [3.63, 3.8) is 0 Å². The average Bonchev–Trinajstić information content (AvgIpc) is 3.12. The molecule has 6 heteroatoms. The summed E-state index contributed by atoms with van der Waals surface area (Å²) >= 11 is 0. The molecule has 0 bridgehead atoms. The summed E-state index contributed by atoms with van der Waals surface area (Å²) in [6.07, 6.45) is 3.51. The van der Waals surface area contributed by atoms with E-state index in [1.54, 1.807) is 6.07 Å². The van der Waals surface area contributed by atoms with E-state index >= 15 is 0 Å². The van der Waals surface area contributed by atoms with Crippen LogP contribution < -0.4 is 5.32 Å². The van der Waals surface area contributed by atoms with Crippen LogP contribution in [-0.2, 0) is 4.79 Å². The van der Waals surface area contributed by atoms with Crippen molar-refractivity contribution in [2.45, 2.75) is 25.3 Å². The Kier molecular flexibility index (Phi) is 3.19. The summed E-state index contributed by atoms with van der Waals surface area (Å²) in [6, 6.07) is 3.39. The van der Waals surface area contributed by atoms with Crippen LogP contribution in [0.5, 0.6) is 0 Å². The molecule has 0 amide bonds. The van der Waals surface area contributed by atoms with Gasteiger partial charge in [0.2, 0.25) is 0 Å². The lowest BCUT2D eigenvalue weighted by atomic mass is 10.1. The Bertz CT molecular complexity index is 465. The van der Waals surface area contributed by atoms with Crippen molar-refractivity contribution in [1.29, 1.82) is 5.26 Å². The molecule has 2 rings (SSSR count). The maximum absolute atomic E-state index is 10.7. The number of hydrogen-bond donors (Lipinski definition) is 2. The number of nitrogens with zero attached hydrogens (tertiary/aromatic N) is 3. The Morgan fingerprint density at radius 1 is 1.71 bits per heavy atom. The third-order valence-electron chi connectivity index (χ3n) is 2.75. The van der Waals surface area contributed by atoms with E-state index in [1.807, 2.05) is 6.07 Å². The molecule has 0 saturated heterocycles. The van der Waals surface area contributed by atoms with Gasteiger partial charge in [-0.05, 0) is 24.8 Å². The Morgan fingerprint density at radius 3 is 3.06 bits per heavy atom. The quantitative estimate of drug-likeness (QED) is 0.786. The minimum Gasteiger partial charge on any atom is -0.481 e. The van der Waals surface area contributed by atoms with Gasteiger partial charge in [-0.2, -0.15) is 10.4 Å². The summed E-state index contributed by atoms with van der Waals surface area (Å²) in [5.74, 6) is -0.121. The first kappa shape index (κ1) is 11.3. The van der Waals surface area contributed by atoms with E-state index in [0.29, 0.717) is 17.3 Å². The topological polar surface area (TPSA) is 98.9 Å². The molecule has 1 aromatic rings. The molecular formula is C11H12N4O2. The number of anilines is 1. The second-order valence-electron chi connectivity index (χ2n) is 4.09. The van der Waals surface area contributed by atoms with Crippen molar-refractivity contribution >= 4 is 11.8 Å². The van der Waals surface area contributed by atoms with E-state index in [4.69, 9.17) is 10.4 Å². The molecule has 1 heterocycles. The van der Waals surface area contributed by atoms with Crippen molar-refractivity contribution in [2.24, 2.45) is 5.92 Å². The molecule has 0 radical (unpaired) electrons. The predicted molar refractivity (Wildman–Crippen MR) is 59.1 cm³/mol. The fourth-order valence-corrected chi connectivity index (χ4v) is 1.73. The number of rotatable bonds is 5. The summed E-state index contributed by atoms with van der Waals surface area (Å²) < 4.78 is 0. The van der Waals surface area contributed by atoms with Gasteiger partial charge in [0, 0.05) is 6.04 Å². The molecule has 17 heavy (non-hydrogen) atoms. The number of nitrogens with one attached hydrogen (secondary N) is 1. The molecule has 0 aromatic carbocycles. The van der Waals surface area contributed by atoms with Gasteiger partial charge in [0.05, 0.1) is 18.2 Å². The third-order valence-corrected chi connectivity index (χ3v) is 2.75. The Labute approximate surface area is 98.3 Å². The number of hydrogen-bond acceptors (Lipinski definition) is 5. The molecule has 6 nitrogen and oxygen atoms in total. The average molecular weight is 232 g/mol. The summed E-state index contributed by atoms with van der Waals surface area (Å²) in [5, 5.41) is 28.3. The fraction of sp³-hybridized carbons (Fsp3) is 0.455. The van der Waals surface area contributed by atoms with E-state index in [9.17, 15) is 4.79 Å². The first-order chi connectivity index (χ1) is 8.20. The van der Waals surface area contributed by atoms with Gasteiger partial charge < -0.3 is 10.4 Å². The predicted octanol–water partition coefficient (Wildman–Crippen LogP) is 1.01. The highest BCUT2D eigenvalue weighted by Gasteiger charge is 2.33. The van der Waals surface area contributed by atoms with Crippen LogP contribution in [0, 0.1) is 17.2 Å². The largest absolute Gasteiger partial charge is 0.481 e. The third kappa shape index (κ3) is 2.91. The lowest BCUT2D eigenvalue weighted by Gasteiger charge is -2.16. The fourth-order valence-electron chi connectivity index (χ4n) is 1.73. The summed E-state index contributed by atoms with van der Waals surface area (Å²) in [6.45, 7) is 0. The van der Waals surface area contributed by atoms with Crippen LogP contribution in [0.4, 0.5) is 5.82 Å². The van der Waals surface area contributed by atoms with Crippen molar-refractivity contribution in [3.05, 3.63) is 17.8 Å². The Hall–Kier alpha value is -2.16. The van der Waals surface area contributed by atoms with Gasteiger partial charge in [0.25, 0.3) is 0 Å². The Balaban J connectivity index is 2.11. The zero-order valence-corrected chi connectivity index (χ0v) is 9.13. The monoisotopic (exact) mass is 232 g/mol. The minimum absolute atomic E-state index is 0.0338. The highest BCUT2D eigenvalue weighted by Crippen LogP contribution is 2.35. The van der Waals surface area contributed by atoms with Crippen molar-refractivity contribution < 1.29 is 9.90 Å². The summed E-state index contributed by atoms with van der Waals surface area (Å²) in [4.78, 5) is 10.7. The zero-order valence-electron chi connectivity index (χ0n) is 9.13. The molecule has 0 spiro atoms. The molecule has 88 valence electrons. The maximum atomic E-state index is 10.7. The van der Waals surface area contributed by atoms with Crippen LogP contribution in [0.1, 0.15) is 24.8 Å². The van der Waals surface area contributed by atoms with Crippen LogP contribution in [0.3, 0.4) is 0 Å². The van der Waals surface area contributed by atoms with E-state index in [-0.39, 0.29) is 12.5 Å². The summed E-state index contributed by atoms with van der Waals surface area (Å²) in [5.41, 5.74) is 0.385. The minimum atomic E-state index is -0.850. The number of aromatic nitrogens is 2. The molecular weight excluding hydrogens is 220 g/mol. The first-order valence-electron chi connectivity index (χ1n) is 5.41. The van der Waals surface area contributed by atoms with Gasteiger partial charge in [-0.1, -0.05) is 0 Å². The number of carboxylic acids is 1. The van der Waals surface area contributed by atoms with Gasteiger partial charge in [0.15, 0.2) is 5.82 Å². The summed E-state index contributed by atoms with van der Waals surface area (Å²) in [7, 11) is 0. The molecule has 1 fully saturated rings. The smallest absolute Gasteiger partial charge is 0.305 e. The number of carbonyl (C=O) groups is 1. The highest BCUT2D eigenvalue weighted by atomic mass is 16.4. The number of carboxylic acid groups (broad SMARTS) is 1. The SMILES string of the molecule is N#Cc1ccnnc1NC(CC(=O)O)C1CC1. The van der Waals surface area contributed by atoms with Crippen molar-refractivity contribution in [3.8, 4) is 6.07 Å². The molecule has 0 aliphatic heterocycles. The molecule has 1 atom stereocenters. The molecule has 1 unspecified atom stereocenters. The van der Waals surface area contributed by atoms with Crippen LogP contribution in [-0.4, -0.2) is 27.3 Å². The number of aliphatic carboxylic acids is 1. The van der Waals surface area contributed by atoms with Crippen LogP contribution in [0.15, 0.2) is 12.3 Å². The molecule has 1 aliphatic carbocycles. The van der Waals surface area contributed by atoms with Gasteiger partial charge in [-0.25, -0.2) is 0 Å². The lowest BCUT2D eigenvalue weighted by Crippen LogP contribution is -2.26. The van der Waals surface area contributed by atoms with Gasteiger partial charge in [0.1, 0.15) is 6.07 Å². The number of nitriles is 1. The van der Waals surface area contributed by atoms with Gasteiger partial charge >= 0.3 is 5.97 Å². The van der Waals surface area contributed by atoms with Gasteiger partial charge in [-0.3, -0.25) is 4.79 Å². The maximum Gasteiger partial charge on any atom is 0.305 e. The Morgan fingerprint density at radius 2 is 2.47 bits per heavy atom. The zero-order chi connectivity index (χ0) is 12.3. The van der Waals surface area contributed by atoms with E-state index in [0.717, 1.165) is 12.8 Å². The molecule has 1 aromatic heterocycles. The standard InChI is InChI=1S/C11H12N4O2/c12-6-8-3-4-13-15-11(8)14-9(5-10(16)17)7-1-2-7/h3-4,7,9H,1-2,5H2,(H,14,15)(H,16,17). The second kappa shape index (κ2) is 4.78. The normalized spacial score (nSPS) is 15.9. The lowest BCUT2D eigenvalue weighted by molar-refractivity contribution is -0.137. The molecule has 2 N–H and O–H groups in total. The van der Waals surface area contributed by atoms with E-state index in [1.165, 1.54) is 6.20 Å². The van der Waals surface area contributed by atoms with Crippen molar-refractivity contribution in [2.75, 3.05) is 5.32 Å². The van der Waals surface area contributed by atoms with Crippen molar-refractivity contribution in [1.82, 2.24) is 10.2 Å². The second-order valence-corrected chi connectivity index (χ2v) is 4.09. The molecule has 1 aliphatic rings. The van der Waals surface area contributed by atoms with E-state index < -0.39 is 5.97 Å². The molecule has 1 saturated carbocycles. The van der Waals surface area contributed by atoms with Crippen LogP contribution in [0.25, 0.3) is 0 Å². The van der Waals surface area contributed by atoms with Crippen LogP contribution >= 0.6 is 0 Å².